The van der Waals surface area contributed by atoms with E-state index in [0.717, 1.165) is 40.4 Å². The van der Waals surface area contributed by atoms with Crippen molar-refractivity contribution in [3.05, 3.63) is 46.4 Å². The number of nitrogens with one attached hydrogen (secondary N) is 2. The number of piperidine rings is 1. The summed E-state index contributed by atoms with van der Waals surface area (Å²) in [6.07, 6.45) is 2.39. The first-order valence-electron chi connectivity index (χ1n) is 7.40. The second kappa shape index (κ2) is 6.58. The molecule has 0 saturated carbocycles. The third-order valence-corrected chi connectivity index (χ3v) is 4.51. The fourth-order valence-corrected chi connectivity index (χ4v) is 3.17. The molecule has 1 aliphatic rings. The van der Waals surface area contributed by atoms with Crippen molar-refractivity contribution in [1.29, 1.82) is 0 Å². The van der Waals surface area contributed by atoms with Crippen LogP contribution in [-0.2, 0) is 0 Å². The van der Waals surface area contributed by atoms with Crippen LogP contribution < -0.4 is 10.6 Å². The molecule has 0 radical (unpaired) electrons. The number of hydrogen-bond donors (Lipinski definition) is 2. The Labute approximate surface area is 133 Å². The van der Waals surface area contributed by atoms with Gasteiger partial charge in [-0.25, -0.2) is 0 Å². The largest absolute Gasteiger partial charge is 0.352 e. The van der Waals surface area contributed by atoms with Crippen LogP contribution in [-0.4, -0.2) is 25.5 Å². The summed E-state index contributed by atoms with van der Waals surface area (Å²) in [5, 5.41) is 8.65. The summed E-state index contributed by atoms with van der Waals surface area (Å²) in [6, 6.07) is 11.9. The monoisotopic (exact) mass is 346 g/mol. The van der Waals surface area contributed by atoms with E-state index < -0.39 is 0 Å². The van der Waals surface area contributed by atoms with Crippen LogP contribution in [0.25, 0.3) is 10.8 Å². The maximum absolute atomic E-state index is 12.3. The number of benzene rings is 2. The highest BCUT2D eigenvalue weighted by Crippen LogP contribution is 2.21. The number of carbonyl (C=O) groups excluding carboxylic acids is 1. The predicted octanol–water partition coefficient (Wildman–Crippen LogP) is 3.33. The summed E-state index contributed by atoms with van der Waals surface area (Å²) in [5.41, 5.74) is 0.730. The molecule has 1 saturated heterocycles. The van der Waals surface area contributed by atoms with Gasteiger partial charge in [0, 0.05) is 16.6 Å². The SMILES string of the molecule is O=C(NCC1CCCNC1)c1ccc2cc(Br)ccc2c1. The normalized spacial score (nSPS) is 18.6. The lowest BCUT2D eigenvalue weighted by atomic mass is 9.99. The van der Waals surface area contributed by atoms with E-state index in [2.05, 4.69) is 32.6 Å². The molecule has 1 atom stereocenters. The molecule has 3 nitrogen and oxygen atoms in total. The molecular formula is C17H19BrN2O. The molecule has 2 aromatic rings. The molecule has 3 rings (SSSR count). The lowest BCUT2D eigenvalue weighted by Gasteiger charge is -2.22. The Bertz CT molecular complexity index is 650. The zero-order valence-corrected chi connectivity index (χ0v) is 13.4. The first-order valence-corrected chi connectivity index (χ1v) is 8.20. The van der Waals surface area contributed by atoms with Crippen molar-refractivity contribution in [3.63, 3.8) is 0 Å². The number of rotatable bonds is 3. The molecule has 1 heterocycles. The molecule has 110 valence electrons. The fourth-order valence-electron chi connectivity index (χ4n) is 2.80. The maximum Gasteiger partial charge on any atom is 0.251 e. The van der Waals surface area contributed by atoms with Crippen molar-refractivity contribution in [1.82, 2.24) is 10.6 Å². The summed E-state index contributed by atoms with van der Waals surface area (Å²) < 4.78 is 1.05. The summed E-state index contributed by atoms with van der Waals surface area (Å²) in [4.78, 5) is 12.3. The second-order valence-electron chi connectivity index (χ2n) is 5.63. The first kappa shape index (κ1) is 14.5. The van der Waals surface area contributed by atoms with Crippen LogP contribution in [0.15, 0.2) is 40.9 Å². The third-order valence-electron chi connectivity index (χ3n) is 4.01. The molecule has 0 bridgehead atoms. The van der Waals surface area contributed by atoms with E-state index in [1.807, 2.05) is 30.3 Å². The number of carbonyl (C=O) groups is 1. The molecule has 2 aromatic carbocycles. The highest BCUT2D eigenvalue weighted by atomic mass is 79.9. The van der Waals surface area contributed by atoms with E-state index >= 15 is 0 Å². The van der Waals surface area contributed by atoms with Gasteiger partial charge in [0.2, 0.25) is 0 Å². The zero-order valence-electron chi connectivity index (χ0n) is 11.9. The Kier molecular flexibility index (Phi) is 4.56. The highest BCUT2D eigenvalue weighted by molar-refractivity contribution is 9.10. The molecule has 4 heteroatoms. The standard InChI is InChI=1S/C17H19BrN2O/c18-16-6-5-13-8-15(4-3-14(13)9-16)17(21)20-11-12-2-1-7-19-10-12/h3-6,8-9,12,19H,1-2,7,10-11H2,(H,20,21). The third kappa shape index (κ3) is 3.63. The van der Waals surface area contributed by atoms with Gasteiger partial charge in [0.25, 0.3) is 5.91 Å². The van der Waals surface area contributed by atoms with E-state index in [4.69, 9.17) is 0 Å². The van der Waals surface area contributed by atoms with Gasteiger partial charge >= 0.3 is 0 Å². The van der Waals surface area contributed by atoms with Crippen LogP contribution in [0.1, 0.15) is 23.2 Å². The lowest BCUT2D eigenvalue weighted by molar-refractivity contribution is 0.0945. The van der Waals surface area contributed by atoms with Gasteiger partial charge in [-0.1, -0.05) is 28.1 Å². The Hall–Kier alpha value is -1.39. The van der Waals surface area contributed by atoms with Crippen molar-refractivity contribution in [2.24, 2.45) is 5.92 Å². The molecule has 0 aromatic heterocycles. The number of amides is 1. The number of fused-ring (bicyclic) bond motifs is 1. The van der Waals surface area contributed by atoms with Gasteiger partial charge in [0.15, 0.2) is 0 Å². The van der Waals surface area contributed by atoms with E-state index in [0.29, 0.717) is 5.92 Å². The van der Waals surface area contributed by atoms with Crippen LogP contribution in [0.5, 0.6) is 0 Å². The molecule has 2 N–H and O–H groups in total. The van der Waals surface area contributed by atoms with Crippen LogP contribution in [0.3, 0.4) is 0 Å². The van der Waals surface area contributed by atoms with Crippen LogP contribution in [0.2, 0.25) is 0 Å². The fraction of sp³-hybridized carbons (Fsp3) is 0.353. The van der Waals surface area contributed by atoms with Gasteiger partial charge in [-0.15, -0.1) is 0 Å². The van der Waals surface area contributed by atoms with Gasteiger partial charge in [-0.05, 0) is 66.9 Å². The maximum atomic E-state index is 12.3. The summed E-state index contributed by atoms with van der Waals surface area (Å²) in [5.74, 6) is 0.574. The van der Waals surface area contributed by atoms with Gasteiger partial charge < -0.3 is 10.6 Å². The smallest absolute Gasteiger partial charge is 0.251 e. The summed E-state index contributed by atoms with van der Waals surface area (Å²) >= 11 is 3.46. The molecule has 0 aliphatic carbocycles. The molecule has 1 amide bonds. The van der Waals surface area contributed by atoms with Crippen LogP contribution >= 0.6 is 15.9 Å². The van der Waals surface area contributed by atoms with Crippen molar-refractivity contribution < 1.29 is 4.79 Å². The summed E-state index contributed by atoms with van der Waals surface area (Å²) in [7, 11) is 0. The van der Waals surface area contributed by atoms with Crippen molar-refractivity contribution >= 4 is 32.6 Å². The van der Waals surface area contributed by atoms with E-state index in [-0.39, 0.29) is 5.91 Å². The van der Waals surface area contributed by atoms with Crippen LogP contribution in [0, 0.1) is 5.92 Å². The topological polar surface area (TPSA) is 41.1 Å². The minimum Gasteiger partial charge on any atom is -0.352 e. The zero-order chi connectivity index (χ0) is 14.7. The Morgan fingerprint density at radius 3 is 2.86 bits per heavy atom. The van der Waals surface area contributed by atoms with E-state index in [1.165, 1.54) is 12.8 Å². The Morgan fingerprint density at radius 2 is 2.05 bits per heavy atom. The average molecular weight is 347 g/mol. The average Bonchev–Trinajstić information content (AvgIpc) is 2.53. The molecular weight excluding hydrogens is 328 g/mol. The Balaban J connectivity index is 1.67. The highest BCUT2D eigenvalue weighted by Gasteiger charge is 2.14. The minimum atomic E-state index is 0.0189. The summed E-state index contributed by atoms with van der Waals surface area (Å²) in [6.45, 7) is 2.86. The molecule has 1 aliphatic heterocycles. The van der Waals surface area contributed by atoms with E-state index in [9.17, 15) is 4.79 Å². The van der Waals surface area contributed by atoms with Crippen molar-refractivity contribution in [2.75, 3.05) is 19.6 Å². The number of hydrogen-bond acceptors (Lipinski definition) is 2. The molecule has 1 fully saturated rings. The molecule has 1 unspecified atom stereocenters. The lowest BCUT2D eigenvalue weighted by Crippen LogP contribution is -2.38. The molecule has 0 spiro atoms. The quantitative estimate of drug-likeness (QED) is 0.894. The van der Waals surface area contributed by atoms with Gasteiger partial charge in [-0.2, -0.15) is 0 Å². The number of halogens is 1. The van der Waals surface area contributed by atoms with Crippen LogP contribution in [0.4, 0.5) is 0 Å². The van der Waals surface area contributed by atoms with Crippen molar-refractivity contribution in [3.8, 4) is 0 Å². The first-order chi connectivity index (χ1) is 10.2. The molecule has 21 heavy (non-hydrogen) atoms. The van der Waals surface area contributed by atoms with Crippen molar-refractivity contribution in [2.45, 2.75) is 12.8 Å². The predicted molar refractivity (Wildman–Crippen MR) is 89.6 cm³/mol. The second-order valence-corrected chi connectivity index (χ2v) is 6.54. The Morgan fingerprint density at radius 1 is 1.24 bits per heavy atom. The minimum absolute atomic E-state index is 0.0189. The van der Waals surface area contributed by atoms with Gasteiger partial charge in [0.1, 0.15) is 0 Å². The van der Waals surface area contributed by atoms with E-state index in [1.54, 1.807) is 0 Å². The van der Waals surface area contributed by atoms with Gasteiger partial charge in [0.05, 0.1) is 0 Å². The van der Waals surface area contributed by atoms with Gasteiger partial charge in [-0.3, -0.25) is 4.79 Å².